The van der Waals surface area contributed by atoms with Crippen molar-refractivity contribution in [2.24, 2.45) is 0 Å². The Morgan fingerprint density at radius 3 is 2.50 bits per heavy atom. The fourth-order valence-corrected chi connectivity index (χ4v) is 2.00. The summed E-state index contributed by atoms with van der Waals surface area (Å²) in [7, 11) is 0. The molecule has 0 fully saturated rings. The first kappa shape index (κ1) is 13.9. The highest BCUT2D eigenvalue weighted by Crippen LogP contribution is 2.40. The van der Waals surface area contributed by atoms with Gasteiger partial charge in [0.25, 0.3) is 5.69 Å². The normalized spacial score (nSPS) is 12.8. The Morgan fingerprint density at radius 2 is 2.00 bits per heavy atom. The van der Waals surface area contributed by atoms with E-state index in [0.717, 1.165) is 0 Å². The van der Waals surface area contributed by atoms with Crippen molar-refractivity contribution in [2.75, 3.05) is 31.2 Å². The van der Waals surface area contributed by atoms with Crippen molar-refractivity contribution < 1.29 is 24.3 Å². The number of hydrogen-bond donors (Lipinski definition) is 1. The van der Waals surface area contributed by atoms with E-state index in [9.17, 15) is 14.9 Å². The van der Waals surface area contributed by atoms with Crippen LogP contribution in [0.2, 0.25) is 0 Å². The summed E-state index contributed by atoms with van der Waals surface area (Å²) in [5.74, 6) is -0.366. The van der Waals surface area contributed by atoms with Crippen molar-refractivity contribution in [3.05, 3.63) is 22.2 Å². The van der Waals surface area contributed by atoms with E-state index in [1.54, 1.807) is 6.92 Å². The number of ether oxygens (including phenoxy) is 2. The summed E-state index contributed by atoms with van der Waals surface area (Å²) in [6, 6.07) is 2.73. The Morgan fingerprint density at radius 1 is 1.40 bits per heavy atom. The second-order valence-electron chi connectivity index (χ2n) is 4.15. The fraction of sp³-hybridized carbons (Fsp3) is 0.417. The van der Waals surface area contributed by atoms with Crippen LogP contribution in [0.4, 0.5) is 11.4 Å². The number of nitro groups is 1. The molecule has 1 aliphatic heterocycles. The van der Waals surface area contributed by atoms with Gasteiger partial charge in [-0.15, -0.1) is 0 Å². The van der Waals surface area contributed by atoms with E-state index in [4.69, 9.17) is 14.6 Å². The van der Waals surface area contributed by atoms with Gasteiger partial charge in [0.1, 0.15) is 25.4 Å². The second kappa shape index (κ2) is 5.64. The first-order chi connectivity index (χ1) is 9.52. The van der Waals surface area contributed by atoms with Crippen LogP contribution in [0.3, 0.4) is 0 Å². The van der Waals surface area contributed by atoms with Crippen LogP contribution in [-0.2, 0) is 4.79 Å². The van der Waals surface area contributed by atoms with Crippen LogP contribution in [-0.4, -0.2) is 42.3 Å². The molecule has 0 unspecified atom stereocenters. The average molecular weight is 282 g/mol. The molecule has 0 aromatic heterocycles. The van der Waals surface area contributed by atoms with Crippen LogP contribution in [0.15, 0.2) is 12.1 Å². The molecule has 1 aliphatic rings. The zero-order valence-corrected chi connectivity index (χ0v) is 10.9. The molecule has 0 saturated carbocycles. The number of hydrogen-bond acceptors (Lipinski definition) is 6. The molecule has 0 radical (unpaired) electrons. The number of nitrogens with zero attached hydrogens (tertiary/aromatic N) is 2. The molecule has 1 N–H and O–H groups in total. The molecule has 0 bridgehead atoms. The maximum atomic E-state index is 11.1. The Bertz CT molecular complexity index is 545. The fourth-order valence-electron chi connectivity index (χ4n) is 2.00. The molecule has 2 rings (SSSR count). The van der Waals surface area contributed by atoms with Gasteiger partial charge in [0.05, 0.1) is 11.0 Å². The van der Waals surface area contributed by atoms with Gasteiger partial charge in [-0.05, 0) is 6.92 Å². The summed E-state index contributed by atoms with van der Waals surface area (Å²) in [6.07, 6.45) is 0. The molecule has 0 saturated heterocycles. The Hall–Kier alpha value is -2.51. The van der Waals surface area contributed by atoms with Gasteiger partial charge in [-0.25, -0.2) is 0 Å². The van der Waals surface area contributed by atoms with E-state index in [-0.39, 0.29) is 17.9 Å². The number of anilines is 1. The molecule has 0 spiro atoms. The van der Waals surface area contributed by atoms with E-state index in [0.29, 0.717) is 31.3 Å². The Balaban J connectivity index is 2.48. The monoisotopic (exact) mass is 282 g/mol. The first-order valence-electron chi connectivity index (χ1n) is 6.07. The molecular weight excluding hydrogens is 268 g/mol. The standard InChI is InChI=1S/C12H14N2O6/c1-2-13(7-12(15)16)8-5-10-11(20-4-3-19-10)6-9(8)14(17)18/h5-6H,2-4,7H2,1H3,(H,15,16). The lowest BCUT2D eigenvalue weighted by Crippen LogP contribution is -2.30. The highest BCUT2D eigenvalue weighted by Gasteiger charge is 2.26. The van der Waals surface area contributed by atoms with Crippen LogP contribution < -0.4 is 14.4 Å². The number of aliphatic carboxylic acids is 1. The smallest absolute Gasteiger partial charge is 0.323 e. The number of carboxylic acid groups (broad SMARTS) is 1. The summed E-state index contributed by atoms with van der Waals surface area (Å²) in [6.45, 7) is 2.42. The van der Waals surface area contributed by atoms with Crippen molar-refractivity contribution in [1.29, 1.82) is 0 Å². The maximum Gasteiger partial charge on any atom is 0.323 e. The van der Waals surface area contributed by atoms with Gasteiger partial charge in [-0.3, -0.25) is 14.9 Å². The number of rotatable bonds is 5. The minimum Gasteiger partial charge on any atom is -0.486 e. The predicted octanol–water partition coefficient (Wildman–Crippen LogP) is 1.28. The Labute approximate surface area is 114 Å². The number of nitro benzene ring substituents is 1. The lowest BCUT2D eigenvalue weighted by atomic mass is 10.2. The van der Waals surface area contributed by atoms with Crippen LogP contribution in [0.5, 0.6) is 11.5 Å². The number of benzene rings is 1. The summed E-state index contributed by atoms with van der Waals surface area (Å²) in [5, 5.41) is 20.0. The molecule has 1 aromatic rings. The highest BCUT2D eigenvalue weighted by molar-refractivity contribution is 5.78. The summed E-state index contributed by atoms with van der Waals surface area (Å²) in [5.41, 5.74) is 0.0153. The van der Waals surface area contributed by atoms with E-state index in [1.165, 1.54) is 17.0 Å². The zero-order valence-electron chi connectivity index (χ0n) is 10.9. The van der Waals surface area contributed by atoms with Crippen molar-refractivity contribution in [2.45, 2.75) is 6.92 Å². The van der Waals surface area contributed by atoms with Gasteiger partial charge in [0, 0.05) is 12.6 Å². The lowest BCUT2D eigenvalue weighted by Gasteiger charge is -2.24. The minimum atomic E-state index is -1.06. The van der Waals surface area contributed by atoms with Crippen molar-refractivity contribution in [1.82, 2.24) is 0 Å². The Kier molecular flexibility index (Phi) is 3.92. The molecule has 1 heterocycles. The van der Waals surface area contributed by atoms with Crippen LogP contribution in [0, 0.1) is 10.1 Å². The van der Waals surface area contributed by atoms with Gasteiger partial charge < -0.3 is 19.5 Å². The number of carboxylic acids is 1. The molecular formula is C12H14N2O6. The molecule has 1 aromatic carbocycles. The number of likely N-dealkylation sites (N-methyl/N-ethyl adjacent to an activating group) is 1. The topological polar surface area (TPSA) is 102 Å². The summed E-state index contributed by atoms with van der Waals surface area (Å²) < 4.78 is 10.7. The van der Waals surface area contributed by atoms with Gasteiger partial charge >= 0.3 is 5.97 Å². The molecule has 20 heavy (non-hydrogen) atoms. The van der Waals surface area contributed by atoms with Gasteiger partial charge in [-0.2, -0.15) is 0 Å². The highest BCUT2D eigenvalue weighted by atomic mass is 16.6. The molecule has 0 amide bonds. The predicted molar refractivity (Wildman–Crippen MR) is 69.6 cm³/mol. The van der Waals surface area contributed by atoms with E-state index < -0.39 is 10.9 Å². The largest absolute Gasteiger partial charge is 0.486 e. The van der Waals surface area contributed by atoms with E-state index >= 15 is 0 Å². The van der Waals surface area contributed by atoms with Crippen molar-refractivity contribution >= 4 is 17.3 Å². The SMILES string of the molecule is CCN(CC(=O)O)c1cc2c(cc1[N+](=O)[O-])OCCO2. The van der Waals surface area contributed by atoms with Gasteiger partial charge in [0.2, 0.25) is 0 Å². The van der Waals surface area contributed by atoms with Crippen LogP contribution >= 0.6 is 0 Å². The van der Waals surface area contributed by atoms with E-state index in [1.807, 2.05) is 0 Å². The average Bonchev–Trinajstić information content (AvgIpc) is 2.43. The lowest BCUT2D eigenvalue weighted by molar-refractivity contribution is -0.384. The molecule has 8 heteroatoms. The molecule has 0 aliphatic carbocycles. The quantitative estimate of drug-likeness (QED) is 0.641. The summed E-state index contributed by atoms with van der Waals surface area (Å²) in [4.78, 5) is 22.8. The molecule has 8 nitrogen and oxygen atoms in total. The number of fused-ring (bicyclic) bond motifs is 1. The third-order valence-corrected chi connectivity index (χ3v) is 2.88. The summed E-state index contributed by atoms with van der Waals surface area (Å²) >= 11 is 0. The van der Waals surface area contributed by atoms with Crippen LogP contribution in [0.25, 0.3) is 0 Å². The number of carbonyl (C=O) groups is 1. The van der Waals surface area contributed by atoms with Gasteiger partial charge in [-0.1, -0.05) is 0 Å². The maximum absolute atomic E-state index is 11.1. The third-order valence-electron chi connectivity index (χ3n) is 2.88. The third kappa shape index (κ3) is 2.73. The van der Waals surface area contributed by atoms with Crippen molar-refractivity contribution in [3.63, 3.8) is 0 Å². The zero-order chi connectivity index (χ0) is 14.7. The van der Waals surface area contributed by atoms with Gasteiger partial charge in [0.15, 0.2) is 11.5 Å². The molecule has 108 valence electrons. The van der Waals surface area contributed by atoms with E-state index in [2.05, 4.69) is 0 Å². The van der Waals surface area contributed by atoms with Crippen LogP contribution in [0.1, 0.15) is 6.92 Å². The van der Waals surface area contributed by atoms with Crippen molar-refractivity contribution in [3.8, 4) is 11.5 Å². The minimum absolute atomic E-state index is 0.197. The second-order valence-corrected chi connectivity index (χ2v) is 4.15. The first-order valence-corrected chi connectivity index (χ1v) is 6.07. The molecule has 0 atom stereocenters.